The van der Waals surface area contributed by atoms with Gasteiger partial charge in [-0.05, 0) is 17.0 Å². The Kier molecular flexibility index (Phi) is 4.53. The van der Waals surface area contributed by atoms with Crippen LogP contribution in [0.4, 0.5) is 0 Å². The number of benzene rings is 1. The SMILES string of the molecule is O=C(OC[C@H]1CC(=O)N(Cc2ccccc2)C1)c1ccsc1. The number of hydrogen-bond acceptors (Lipinski definition) is 4. The first-order valence-electron chi connectivity index (χ1n) is 7.23. The summed E-state index contributed by atoms with van der Waals surface area (Å²) in [5.74, 6) is -0.102. The lowest BCUT2D eigenvalue weighted by Crippen LogP contribution is -2.25. The summed E-state index contributed by atoms with van der Waals surface area (Å²) < 4.78 is 5.31. The van der Waals surface area contributed by atoms with Crippen LogP contribution in [0.1, 0.15) is 22.3 Å². The van der Waals surface area contributed by atoms with Crippen molar-refractivity contribution in [2.75, 3.05) is 13.2 Å². The molecule has 1 fully saturated rings. The van der Waals surface area contributed by atoms with E-state index in [0.717, 1.165) is 5.56 Å². The highest BCUT2D eigenvalue weighted by Crippen LogP contribution is 2.21. The third-order valence-electron chi connectivity index (χ3n) is 3.72. The van der Waals surface area contributed by atoms with Crippen molar-refractivity contribution in [3.63, 3.8) is 0 Å². The van der Waals surface area contributed by atoms with E-state index in [4.69, 9.17) is 4.74 Å². The second-order valence-corrected chi connectivity index (χ2v) is 6.22. The van der Waals surface area contributed by atoms with E-state index in [2.05, 4.69) is 0 Å². The molecule has 2 heterocycles. The predicted octanol–water partition coefficient (Wildman–Crippen LogP) is 2.95. The number of amides is 1. The Labute approximate surface area is 133 Å². The summed E-state index contributed by atoms with van der Waals surface area (Å²) in [6.07, 6.45) is 0.448. The predicted molar refractivity (Wildman–Crippen MR) is 84.6 cm³/mol. The number of likely N-dealkylation sites (tertiary alicyclic amines) is 1. The molecule has 5 heteroatoms. The third kappa shape index (κ3) is 3.54. The number of carbonyl (C=O) groups is 2. The molecule has 2 aromatic rings. The Morgan fingerprint density at radius 1 is 1.27 bits per heavy atom. The smallest absolute Gasteiger partial charge is 0.338 e. The molecule has 4 nitrogen and oxygen atoms in total. The van der Waals surface area contributed by atoms with Crippen LogP contribution >= 0.6 is 11.3 Å². The molecule has 1 aromatic carbocycles. The minimum Gasteiger partial charge on any atom is -0.462 e. The number of ether oxygens (including phenoxy) is 1. The topological polar surface area (TPSA) is 46.6 Å². The molecule has 1 saturated heterocycles. The first-order chi connectivity index (χ1) is 10.7. The lowest BCUT2D eigenvalue weighted by Gasteiger charge is -2.16. The highest BCUT2D eigenvalue weighted by Gasteiger charge is 2.30. The fourth-order valence-corrected chi connectivity index (χ4v) is 3.20. The fraction of sp³-hybridized carbons (Fsp3) is 0.294. The summed E-state index contributed by atoms with van der Waals surface area (Å²) in [7, 11) is 0. The van der Waals surface area contributed by atoms with Gasteiger partial charge in [0, 0.05) is 30.8 Å². The standard InChI is InChI=1S/C17H17NO3S/c19-16-8-14(11-21-17(20)15-6-7-22-12-15)10-18(16)9-13-4-2-1-3-5-13/h1-7,12,14H,8-11H2/t14-/m0/s1. The van der Waals surface area contributed by atoms with Crippen LogP contribution in [-0.2, 0) is 16.1 Å². The molecule has 0 bridgehead atoms. The summed E-state index contributed by atoms with van der Waals surface area (Å²) in [6.45, 7) is 1.56. The molecular formula is C17H17NO3S. The van der Waals surface area contributed by atoms with Gasteiger partial charge in [0.25, 0.3) is 0 Å². The van der Waals surface area contributed by atoms with E-state index >= 15 is 0 Å². The molecule has 0 aliphatic carbocycles. The van der Waals surface area contributed by atoms with Gasteiger partial charge in [-0.15, -0.1) is 0 Å². The maximum atomic E-state index is 12.0. The van der Waals surface area contributed by atoms with E-state index < -0.39 is 0 Å². The molecule has 0 N–H and O–H groups in total. The van der Waals surface area contributed by atoms with Gasteiger partial charge in [-0.25, -0.2) is 4.79 Å². The average molecular weight is 315 g/mol. The summed E-state index contributed by atoms with van der Waals surface area (Å²) in [5.41, 5.74) is 1.70. The first-order valence-corrected chi connectivity index (χ1v) is 8.17. The van der Waals surface area contributed by atoms with E-state index in [1.165, 1.54) is 11.3 Å². The van der Waals surface area contributed by atoms with Crippen LogP contribution in [0.5, 0.6) is 0 Å². The van der Waals surface area contributed by atoms with Crippen molar-refractivity contribution in [1.29, 1.82) is 0 Å². The van der Waals surface area contributed by atoms with Crippen molar-refractivity contribution >= 4 is 23.2 Å². The van der Waals surface area contributed by atoms with Crippen molar-refractivity contribution in [3.05, 3.63) is 58.3 Å². The molecule has 3 rings (SSSR count). The van der Waals surface area contributed by atoms with E-state index in [1.54, 1.807) is 11.4 Å². The van der Waals surface area contributed by atoms with Crippen molar-refractivity contribution in [1.82, 2.24) is 4.90 Å². The highest BCUT2D eigenvalue weighted by atomic mass is 32.1. The van der Waals surface area contributed by atoms with Gasteiger partial charge in [0.2, 0.25) is 5.91 Å². The Hall–Kier alpha value is -2.14. The Bertz CT molecular complexity index is 639. The van der Waals surface area contributed by atoms with Crippen LogP contribution in [0.15, 0.2) is 47.2 Å². The van der Waals surface area contributed by atoms with Gasteiger partial charge in [0.15, 0.2) is 0 Å². The van der Waals surface area contributed by atoms with Crippen LogP contribution in [0.25, 0.3) is 0 Å². The van der Waals surface area contributed by atoms with E-state index in [1.807, 2.05) is 40.6 Å². The molecule has 1 atom stereocenters. The largest absolute Gasteiger partial charge is 0.462 e. The number of carbonyl (C=O) groups excluding carboxylic acids is 2. The maximum absolute atomic E-state index is 12.0. The van der Waals surface area contributed by atoms with Crippen molar-refractivity contribution in [3.8, 4) is 0 Å². The van der Waals surface area contributed by atoms with Gasteiger partial charge in [-0.2, -0.15) is 11.3 Å². The molecular weight excluding hydrogens is 298 g/mol. The maximum Gasteiger partial charge on any atom is 0.338 e. The van der Waals surface area contributed by atoms with Crippen molar-refractivity contribution in [2.45, 2.75) is 13.0 Å². The monoisotopic (exact) mass is 315 g/mol. The fourth-order valence-electron chi connectivity index (χ4n) is 2.58. The zero-order valence-electron chi connectivity index (χ0n) is 12.1. The molecule has 114 valence electrons. The minimum absolute atomic E-state index is 0.0822. The number of thiophene rings is 1. The Morgan fingerprint density at radius 2 is 2.09 bits per heavy atom. The molecule has 0 unspecified atom stereocenters. The number of nitrogens with zero attached hydrogens (tertiary/aromatic N) is 1. The van der Waals surface area contributed by atoms with Gasteiger partial charge in [0.1, 0.15) is 0 Å². The molecule has 1 amide bonds. The number of hydrogen-bond donors (Lipinski definition) is 0. The lowest BCUT2D eigenvalue weighted by molar-refractivity contribution is -0.128. The quantitative estimate of drug-likeness (QED) is 0.797. The molecule has 1 aromatic heterocycles. The van der Waals surface area contributed by atoms with Crippen molar-refractivity contribution in [2.24, 2.45) is 5.92 Å². The second kappa shape index (κ2) is 6.75. The number of rotatable bonds is 5. The zero-order chi connectivity index (χ0) is 15.4. The normalized spacial score (nSPS) is 17.7. The summed E-state index contributed by atoms with van der Waals surface area (Å²) >= 11 is 1.46. The third-order valence-corrected chi connectivity index (χ3v) is 4.40. The molecule has 0 radical (unpaired) electrons. The molecule has 22 heavy (non-hydrogen) atoms. The van der Waals surface area contributed by atoms with E-state index in [-0.39, 0.29) is 17.8 Å². The molecule has 0 saturated carbocycles. The van der Waals surface area contributed by atoms with Crippen LogP contribution < -0.4 is 0 Å². The van der Waals surface area contributed by atoms with Crippen molar-refractivity contribution < 1.29 is 14.3 Å². The second-order valence-electron chi connectivity index (χ2n) is 5.44. The summed E-state index contributed by atoms with van der Waals surface area (Å²) in [5, 5.41) is 3.61. The van der Waals surface area contributed by atoms with Crippen LogP contribution in [0, 0.1) is 5.92 Å². The zero-order valence-corrected chi connectivity index (χ0v) is 12.9. The molecule has 1 aliphatic heterocycles. The van der Waals surface area contributed by atoms with Crippen LogP contribution in [-0.4, -0.2) is 29.9 Å². The Morgan fingerprint density at radius 3 is 2.82 bits per heavy atom. The summed E-state index contributed by atoms with van der Waals surface area (Å²) in [6, 6.07) is 11.7. The number of esters is 1. The minimum atomic E-state index is -0.310. The van der Waals surface area contributed by atoms with Gasteiger partial charge in [0.05, 0.1) is 12.2 Å². The van der Waals surface area contributed by atoms with E-state index in [9.17, 15) is 9.59 Å². The molecule has 1 aliphatic rings. The van der Waals surface area contributed by atoms with Gasteiger partial charge in [-0.3, -0.25) is 4.79 Å². The lowest BCUT2D eigenvalue weighted by atomic mass is 10.1. The molecule has 0 spiro atoms. The average Bonchev–Trinajstić information content (AvgIpc) is 3.17. The van der Waals surface area contributed by atoms with E-state index in [0.29, 0.717) is 31.7 Å². The van der Waals surface area contributed by atoms with Gasteiger partial charge in [-0.1, -0.05) is 30.3 Å². The van der Waals surface area contributed by atoms with Crippen LogP contribution in [0.3, 0.4) is 0 Å². The van der Waals surface area contributed by atoms with Gasteiger partial charge < -0.3 is 9.64 Å². The van der Waals surface area contributed by atoms with Gasteiger partial charge >= 0.3 is 5.97 Å². The highest BCUT2D eigenvalue weighted by molar-refractivity contribution is 7.08. The van der Waals surface area contributed by atoms with Crippen LogP contribution in [0.2, 0.25) is 0 Å². The first kappa shape index (κ1) is 14.8. The Balaban J connectivity index is 1.50. The summed E-state index contributed by atoms with van der Waals surface area (Å²) in [4.78, 5) is 25.7.